The summed E-state index contributed by atoms with van der Waals surface area (Å²) in [4.78, 5) is 0. The van der Waals surface area contributed by atoms with Gasteiger partial charge in [0.1, 0.15) is 0 Å². The summed E-state index contributed by atoms with van der Waals surface area (Å²) in [6, 6.07) is 1.21. The molecule has 3 nitrogen and oxygen atoms in total. The molecule has 0 aromatic carbocycles. The van der Waals surface area contributed by atoms with Crippen molar-refractivity contribution in [3.8, 4) is 0 Å². The normalized spacial score (nSPS) is 39.9. The van der Waals surface area contributed by atoms with Gasteiger partial charge in [-0.15, -0.1) is 0 Å². The number of hydrogen-bond donors (Lipinski definition) is 2. The minimum atomic E-state index is 0.491. The van der Waals surface area contributed by atoms with Crippen molar-refractivity contribution in [1.82, 2.24) is 5.32 Å². The van der Waals surface area contributed by atoms with E-state index in [0.717, 1.165) is 49.5 Å². The summed E-state index contributed by atoms with van der Waals surface area (Å²) in [6.07, 6.45) is 17.5. The SMILES string of the molecule is CC1(C)C2CC=C(COCCNC3CCC(CC4CCC(N)CC4)CC3)C1C2. The zero-order valence-corrected chi connectivity index (χ0v) is 18.4. The van der Waals surface area contributed by atoms with Gasteiger partial charge in [0.15, 0.2) is 0 Å². The monoisotopic (exact) mass is 388 g/mol. The van der Waals surface area contributed by atoms with E-state index in [1.807, 2.05) is 0 Å². The Morgan fingerprint density at radius 2 is 1.71 bits per heavy atom. The van der Waals surface area contributed by atoms with Gasteiger partial charge in [-0.05, 0) is 105 Å². The molecule has 0 saturated heterocycles. The molecule has 0 aromatic heterocycles. The lowest BCUT2D eigenvalue weighted by atomic mass is 9.49. The van der Waals surface area contributed by atoms with Gasteiger partial charge < -0.3 is 15.8 Å². The summed E-state index contributed by atoms with van der Waals surface area (Å²) < 4.78 is 6.04. The van der Waals surface area contributed by atoms with Gasteiger partial charge in [0.2, 0.25) is 0 Å². The first-order chi connectivity index (χ1) is 13.5. The molecule has 3 N–H and O–H groups in total. The molecule has 28 heavy (non-hydrogen) atoms. The van der Waals surface area contributed by atoms with Gasteiger partial charge in [-0.1, -0.05) is 19.9 Å². The second-order valence-corrected chi connectivity index (χ2v) is 11.1. The molecule has 5 rings (SSSR count). The molecule has 3 saturated carbocycles. The average molecular weight is 389 g/mol. The Balaban J connectivity index is 1.05. The second-order valence-electron chi connectivity index (χ2n) is 11.1. The van der Waals surface area contributed by atoms with Gasteiger partial charge in [-0.25, -0.2) is 0 Å². The quantitative estimate of drug-likeness (QED) is 0.452. The van der Waals surface area contributed by atoms with Crippen molar-refractivity contribution in [2.45, 2.75) is 96.6 Å². The summed E-state index contributed by atoms with van der Waals surface area (Å²) >= 11 is 0. The molecule has 3 fully saturated rings. The van der Waals surface area contributed by atoms with Crippen molar-refractivity contribution in [1.29, 1.82) is 0 Å². The van der Waals surface area contributed by atoms with Crippen LogP contribution in [0.2, 0.25) is 0 Å². The number of hydrogen-bond acceptors (Lipinski definition) is 3. The Morgan fingerprint density at radius 3 is 2.36 bits per heavy atom. The average Bonchev–Trinajstić information content (AvgIpc) is 2.70. The van der Waals surface area contributed by atoms with Gasteiger partial charge in [-0.3, -0.25) is 0 Å². The number of nitrogens with two attached hydrogens (primary N) is 1. The third kappa shape index (κ3) is 4.84. The summed E-state index contributed by atoms with van der Waals surface area (Å²) in [5.41, 5.74) is 8.16. The molecule has 5 aliphatic rings. The predicted octanol–water partition coefficient (Wildman–Crippen LogP) is 5.05. The van der Waals surface area contributed by atoms with E-state index in [-0.39, 0.29) is 0 Å². The summed E-state index contributed by atoms with van der Waals surface area (Å²) in [5.74, 6) is 3.65. The molecule has 2 bridgehead atoms. The number of rotatable bonds is 8. The summed E-state index contributed by atoms with van der Waals surface area (Å²) in [6.45, 7) is 7.62. The van der Waals surface area contributed by atoms with Gasteiger partial charge in [0, 0.05) is 18.6 Å². The molecule has 3 heteroatoms. The molecular weight excluding hydrogens is 344 g/mol. The van der Waals surface area contributed by atoms with E-state index >= 15 is 0 Å². The van der Waals surface area contributed by atoms with Crippen LogP contribution >= 0.6 is 0 Å². The molecular formula is C25H44N2O. The number of nitrogens with one attached hydrogen (secondary N) is 1. The molecule has 0 radical (unpaired) electrons. The Bertz CT molecular complexity index is 527. The van der Waals surface area contributed by atoms with Crippen LogP contribution in [0.3, 0.4) is 0 Å². The fraction of sp³-hybridized carbons (Fsp3) is 0.920. The molecule has 5 aliphatic carbocycles. The topological polar surface area (TPSA) is 47.3 Å². The smallest absolute Gasteiger partial charge is 0.0680 e. The van der Waals surface area contributed by atoms with Crippen molar-refractivity contribution >= 4 is 0 Å². The Kier molecular flexibility index (Phi) is 6.85. The van der Waals surface area contributed by atoms with E-state index in [1.54, 1.807) is 5.57 Å². The lowest BCUT2D eigenvalue weighted by Gasteiger charge is -2.56. The van der Waals surface area contributed by atoms with Crippen molar-refractivity contribution in [3.63, 3.8) is 0 Å². The summed E-state index contributed by atoms with van der Waals surface area (Å²) in [7, 11) is 0. The maximum Gasteiger partial charge on any atom is 0.0680 e. The minimum absolute atomic E-state index is 0.491. The van der Waals surface area contributed by atoms with Gasteiger partial charge in [0.25, 0.3) is 0 Å². The fourth-order valence-electron chi connectivity index (χ4n) is 6.66. The maximum absolute atomic E-state index is 6.06. The van der Waals surface area contributed by atoms with Crippen LogP contribution in [-0.4, -0.2) is 31.8 Å². The van der Waals surface area contributed by atoms with Gasteiger partial charge in [-0.2, -0.15) is 0 Å². The highest BCUT2D eigenvalue weighted by Crippen LogP contribution is 2.59. The Hall–Kier alpha value is -0.380. The molecule has 0 spiro atoms. The van der Waals surface area contributed by atoms with E-state index in [1.165, 1.54) is 70.6 Å². The minimum Gasteiger partial charge on any atom is -0.376 e. The number of allylic oxidation sites excluding steroid dienone is 1. The van der Waals surface area contributed by atoms with Crippen LogP contribution in [0.1, 0.15) is 84.5 Å². The number of ether oxygens (including phenoxy) is 1. The molecule has 0 aliphatic heterocycles. The molecule has 0 aromatic rings. The fourth-order valence-corrected chi connectivity index (χ4v) is 6.66. The zero-order valence-electron chi connectivity index (χ0n) is 18.4. The Labute approximate surface area is 173 Å². The van der Waals surface area contributed by atoms with Crippen LogP contribution in [0.5, 0.6) is 0 Å². The number of fused-ring (bicyclic) bond motifs is 1. The van der Waals surface area contributed by atoms with E-state index in [4.69, 9.17) is 10.5 Å². The van der Waals surface area contributed by atoms with Crippen molar-refractivity contribution in [2.75, 3.05) is 19.8 Å². The van der Waals surface area contributed by atoms with E-state index < -0.39 is 0 Å². The van der Waals surface area contributed by atoms with E-state index in [9.17, 15) is 0 Å². The van der Waals surface area contributed by atoms with Crippen molar-refractivity contribution in [3.05, 3.63) is 11.6 Å². The molecule has 2 unspecified atom stereocenters. The Morgan fingerprint density at radius 1 is 1.04 bits per heavy atom. The highest BCUT2D eigenvalue weighted by Gasteiger charge is 2.50. The van der Waals surface area contributed by atoms with Crippen LogP contribution in [0.25, 0.3) is 0 Å². The lowest BCUT2D eigenvalue weighted by Crippen LogP contribution is -2.48. The van der Waals surface area contributed by atoms with Crippen LogP contribution in [0.15, 0.2) is 11.6 Å². The first-order valence-electron chi connectivity index (χ1n) is 12.3. The van der Waals surface area contributed by atoms with Gasteiger partial charge in [0.05, 0.1) is 13.2 Å². The predicted molar refractivity (Wildman–Crippen MR) is 117 cm³/mol. The van der Waals surface area contributed by atoms with E-state index in [2.05, 4.69) is 25.2 Å². The van der Waals surface area contributed by atoms with Crippen LogP contribution in [-0.2, 0) is 4.74 Å². The third-order valence-corrected chi connectivity index (χ3v) is 8.94. The zero-order chi connectivity index (χ0) is 19.6. The van der Waals surface area contributed by atoms with Crippen LogP contribution in [0.4, 0.5) is 0 Å². The van der Waals surface area contributed by atoms with Crippen LogP contribution in [0, 0.1) is 29.1 Å². The van der Waals surface area contributed by atoms with Crippen molar-refractivity contribution in [2.24, 2.45) is 34.8 Å². The lowest BCUT2D eigenvalue weighted by molar-refractivity contribution is -0.0173. The molecule has 0 amide bonds. The van der Waals surface area contributed by atoms with E-state index in [0.29, 0.717) is 11.5 Å². The van der Waals surface area contributed by atoms with Crippen LogP contribution < -0.4 is 11.1 Å². The van der Waals surface area contributed by atoms with Crippen molar-refractivity contribution < 1.29 is 4.74 Å². The standard InChI is InChI=1S/C25H44N2O/c1-25(2)21-8-7-20(24(25)16-21)17-28-14-13-27-23-11-5-19(6-12-23)15-18-3-9-22(26)10-4-18/h7,18-19,21-24,27H,3-6,8-17,26H2,1-2H3. The first-order valence-corrected chi connectivity index (χ1v) is 12.3. The molecule has 160 valence electrons. The largest absolute Gasteiger partial charge is 0.376 e. The highest BCUT2D eigenvalue weighted by atomic mass is 16.5. The molecule has 2 atom stereocenters. The maximum atomic E-state index is 6.06. The first kappa shape index (κ1) is 20.9. The third-order valence-electron chi connectivity index (χ3n) is 8.94. The van der Waals surface area contributed by atoms with Gasteiger partial charge >= 0.3 is 0 Å². The highest BCUT2D eigenvalue weighted by molar-refractivity contribution is 5.23. The molecule has 0 heterocycles. The second kappa shape index (κ2) is 9.18. The summed E-state index contributed by atoms with van der Waals surface area (Å²) in [5, 5.41) is 3.77.